The van der Waals surface area contributed by atoms with Crippen LogP contribution >= 0.6 is 0 Å². The maximum absolute atomic E-state index is 12.2. The van der Waals surface area contributed by atoms with Gasteiger partial charge in [0.05, 0.1) is 18.3 Å². The molecule has 0 unspecified atom stereocenters. The molecule has 2 aliphatic heterocycles. The third-order valence-electron chi connectivity index (χ3n) is 4.14. The van der Waals surface area contributed by atoms with Crippen LogP contribution in [0.2, 0.25) is 0 Å². The Kier molecular flexibility index (Phi) is 3.57. The van der Waals surface area contributed by atoms with E-state index in [1.54, 1.807) is 25.2 Å². The van der Waals surface area contributed by atoms with E-state index in [0.29, 0.717) is 26.1 Å². The minimum Gasteiger partial charge on any atom is -0.340 e. The van der Waals surface area contributed by atoms with Crippen LogP contribution in [-0.2, 0) is 11.3 Å². The van der Waals surface area contributed by atoms with E-state index < -0.39 is 0 Å². The highest BCUT2D eigenvalue weighted by atomic mass is 16.2. The molecule has 7 nitrogen and oxygen atoms in total. The first-order chi connectivity index (χ1) is 10.1. The molecule has 0 aromatic carbocycles. The van der Waals surface area contributed by atoms with Crippen LogP contribution in [0, 0.1) is 0 Å². The van der Waals surface area contributed by atoms with Crippen molar-refractivity contribution in [3.63, 3.8) is 0 Å². The molecule has 0 radical (unpaired) electrons. The van der Waals surface area contributed by atoms with Crippen LogP contribution in [0.1, 0.15) is 24.6 Å². The van der Waals surface area contributed by atoms with E-state index in [9.17, 15) is 9.59 Å². The standard InChI is InChI=1S/C14H21N5O2/c1-16(2)14(21)18-8-11-5-6-15-19(11)12(10-18)9-17-7-3-4-13(17)20/h5-6,12H,3-4,7-10H2,1-2H3/t12-/m0/s1. The van der Waals surface area contributed by atoms with Gasteiger partial charge >= 0.3 is 6.03 Å². The fourth-order valence-electron chi connectivity index (χ4n) is 3.10. The summed E-state index contributed by atoms with van der Waals surface area (Å²) in [5, 5.41) is 4.37. The van der Waals surface area contributed by atoms with E-state index >= 15 is 0 Å². The Hall–Kier alpha value is -2.05. The number of likely N-dealkylation sites (tertiary alicyclic amines) is 1. The van der Waals surface area contributed by atoms with E-state index in [1.165, 1.54) is 0 Å². The minimum atomic E-state index is 0.000184. The zero-order valence-electron chi connectivity index (χ0n) is 12.5. The van der Waals surface area contributed by atoms with Crippen molar-refractivity contribution in [1.29, 1.82) is 0 Å². The van der Waals surface area contributed by atoms with Gasteiger partial charge in [-0.2, -0.15) is 5.10 Å². The van der Waals surface area contributed by atoms with Gasteiger partial charge in [0.25, 0.3) is 0 Å². The largest absolute Gasteiger partial charge is 0.340 e. The molecule has 1 aromatic heterocycles. The molecular formula is C14H21N5O2. The topological polar surface area (TPSA) is 61.7 Å². The molecule has 1 aromatic rings. The van der Waals surface area contributed by atoms with Crippen LogP contribution in [0.15, 0.2) is 12.3 Å². The van der Waals surface area contributed by atoms with Crippen LogP contribution < -0.4 is 0 Å². The summed E-state index contributed by atoms with van der Waals surface area (Å²) in [5.41, 5.74) is 1.02. The molecule has 1 atom stereocenters. The highest BCUT2D eigenvalue weighted by molar-refractivity contribution is 5.78. The molecule has 0 saturated carbocycles. The van der Waals surface area contributed by atoms with Gasteiger partial charge in [-0.25, -0.2) is 4.79 Å². The monoisotopic (exact) mass is 291 g/mol. The maximum Gasteiger partial charge on any atom is 0.319 e. The predicted molar refractivity (Wildman–Crippen MR) is 76.6 cm³/mol. The summed E-state index contributed by atoms with van der Waals surface area (Å²) in [6.45, 7) is 2.61. The number of nitrogens with zero attached hydrogens (tertiary/aromatic N) is 5. The molecule has 3 heterocycles. The number of carbonyl (C=O) groups excluding carboxylic acids is 2. The van der Waals surface area contributed by atoms with Crippen LogP contribution in [-0.4, -0.2) is 70.1 Å². The Bertz CT molecular complexity index is 553. The molecule has 114 valence electrons. The van der Waals surface area contributed by atoms with Crippen molar-refractivity contribution in [2.75, 3.05) is 33.7 Å². The lowest BCUT2D eigenvalue weighted by atomic mass is 10.2. The van der Waals surface area contributed by atoms with Gasteiger partial charge < -0.3 is 14.7 Å². The second-order valence-electron chi connectivity index (χ2n) is 5.92. The van der Waals surface area contributed by atoms with Crippen LogP contribution in [0.3, 0.4) is 0 Å². The van der Waals surface area contributed by atoms with Crippen LogP contribution in [0.5, 0.6) is 0 Å². The Morgan fingerprint density at radius 2 is 2.29 bits per heavy atom. The average Bonchev–Trinajstić information content (AvgIpc) is 3.07. The van der Waals surface area contributed by atoms with E-state index in [1.807, 2.05) is 20.5 Å². The van der Waals surface area contributed by atoms with Crippen LogP contribution in [0.4, 0.5) is 4.79 Å². The Labute approximate surface area is 124 Å². The predicted octanol–water partition coefficient (Wildman–Crippen LogP) is 0.544. The lowest BCUT2D eigenvalue weighted by Gasteiger charge is -2.36. The van der Waals surface area contributed by atoms with Gasteiger partial charge in [-0.05, 0) is 12.5 Å². The highest BCUT2D eigenvalue weighted by Gasteiger charge is 2.32. The highest BCUT2D eigenvalue weighted by Crippen LogP contribution is 2.23. The molecule has 0 spiro atoms. The first-order valence-electron chi connectivity index (χ1n) is 7.32. The zero-order chi connectivity index (χ0) is 15.0. The molecule has 21 heavy (non-hydrogen) atoms. The molecule has 3 amide bonds. The van der Waals surface area contributed by atoms with Crippen molar-refractivity contribution < 1.29 is 9.59 Å². The lowest BCUT2D eigenvalue weighted by molar-refractivity contribution is -0.128. The van der Waals surface area contributed by atoms with Crippen molar-refractivity contribution in [2.24, 2.45) is 0 Å². The molecule has 7 heteroatoms. The molecule has 0 bridgehead atoms. The summed E-state index contributed by atoms with van der Waals surface area (Å²) in [4.78, 5) is 29.3. The maximum atomic E-state index is 12.2. The second kappa shape index (κ2) is 5.38. The van der Waals surface area contributed by atoms with Gasteiger partial charge in [0, 0.05) is 46.3 Å². The Balaban J connectivity index is 1.79. The van der Waals surface area contributed by atoms with Gasteiger partial charge in [-0.3, -0.25) is 9.48 Å². The number of rotatable bonds is 2. The number of urea groups is 1. The van der Waals surface area contributed by atoms with Gasteiger partial charge in [0.15, 0.2) is 0 Å². The van der Waals surface area contributed by atoms with Gasteiger partial charge in [0.2, 0.25) is 5.91 Å². The Morgan fingerprint density at radius 1 is 1.48 bits per heavy atom. The normalized spacial score (nSPS) is 21.6. The quantitative estimate of drug-likeness (QED) is 0.799. The van der Waals surface area contributed by atoms with E-state index in [-0.39, 0.29) is 18.0 Å². The minimum absolute atomic E-state index is 0.000184. The fraction of sp³-hybridized carbons (Fsp3) is 0.643. The fourth-order valence-corrected chi connectivity index (χ4v) is 3.10. The lowest BCUT2D eigenvalue weighted by Crippen LogP contribution is -2.48. The van der Waals surface area contributed by atoms with Gasteiger partial charge in [-0.15, -0.1) is 0 Å². The summed E-state index contributed by atoms with van der Waals surface area (Å²) in [6, 6.07) is 1.98. The SMILES string of the molecule is CN(C)C(=O)N1Cc2ccnn2[C@@H](CN2CCCC2=O)C1. The number of hydrogen-bond donors (Lipinski definition) is 0. The van der Waals surface area contributed by atoms with Crippen LogP contribution in [0.25, 0.3) is 0 Å². The summed E-state index contributed by atoms with van der Waals surface area (Å²) in [6.07, 6.45) is 3.33. The third kappa shape index (κ3) is 2.59. The Morgan fingerprint density at radius 3 is 2.95 bits per heavy atom. The van der Waals surface area contributed by atoms with Gasteiger partial charge in [-0.1, -0.05) is 0 Å². The van der Waals surface area contributed by atoms with Crippen molar-refractivity contribution in [2.45, 2.75) is 25.4 Å². The average molecular weight is 291 g/mol. The summed E-state index contributed by atoms with van der Waals surface area (Å²) >= 11 is 0. The third-order valence-corrected chi connectivity index (χ3v) is 4.14. The van der Waals surface area contributed by atoms with Crippen molar-refractivity contribution >= 4 is 11.9 Å². The zero-order valence-corrected chi connectivity index (χ0v) is 12.5. The number of hydrogen-bond acceptors (Lipinski definition) is 3. The smallest absolute Gasteiger partial charge is 0.319 e. The van der Waals surface area contributed by atoms with Crippen molar-refractivity contribution in [1.82, 2.24) is 24.5 Å². The molecule has 1 fully saturated rings. The number of amides is 3. The number of aromatic nitrogens is 2. The number of carbonyl (C=O) groups is 2. The van der Waals surface area contributed by atoms with Crippen molar-refractivity contribution in [3.8, 4) is 0 Å². The van der Waals surface area contributed by atoms with Crippen molar-refractivity contribution in [3.05, 3.63) is 18.0 Å². The second-order valence-corrected chi connectivity index (χ2v) is 5.92. The molecule has 2 aliphatic rings. The first-order valence-corrected chi connectivity index (χ1v) is 7.32. The summed E-state index contributed by atoms with van der Waals surface area (Å²) in [7, 11) is 3.51. The number of fused-ring (bicyclic) bond motifs is 1. The molecule has 0 aliphatic carbocycles. The summed E-state index contributed by atoms with van der Waals surface area (Å²) < 4.78 is 1.96. The first kappa shape index (κ1) is 13.9. The van der Waals surface area contributed by atoms with E-state index in [2.05, 4.69) is 5.10 Å². The molecule has 0 N–H and O–H groups in total. The molecular weight excluding hydrogens is 270 g/mol. The molecule has 1 saturated heterocycles. The molecule has 3 rings (SSSR count). The van der Waals surface area contributed by atoms with Gasteiger partial charge in [0.1, 0.15) is 0 Å². The van der Waals surface area contributed by atoms with E-state index in [4.69, 9.17) is 0 Å². The summed E-state index contributed by atoms with van der Waals surface area (Å²) in [5.74, 6) is 0.208. The van der Waals surface area contributed by atoms with E-state index in [0.717, 1.165) is 18.7 Å².